The molecule has 2 saturated heterocycles. The van der Waals surface area contributed by atoms with Crippen LogP contribution in [0.15, 0.2) is 190 Å². The number of thioether (sulfide) groups is 2. The van der Waals surface area contributed by atoms with Gasteiger partial charge in [0.05, 0.1) is 104 Å². The lowest BCUT2D eigenvalue weighted by molar-refractivity contribution is -0.855. The van der Waals surface area contributed by atoms with Crippen LogP contribution in [0.3, 0.4) is 0 Å². The van der Waals surface area contributed by atoms with Crippen molar-refractivity contribution in [3.8, 4) is 0 Å². The first-order valence-electron chi connectivity index (χ1n) is 41.5. The Morgan fingerprint density at radius 1 is 0.642 bits per heavy atom. The third kappa shape index (κ3) is 23.7. The van der Waals surface area contributed by atoms with E-state index in [1.54, 1.807) is 11.8 Å². The van der Waals surface area contributed by atoms with Crippen molar-refractivity contribution in [2.75, 3.05) is 81.6 Å². The van der Waals surface area contributed by atoms with Crippen LogP contribution < -0.4 is 86.7 Å². The first-order valence-corrected chi connectivity index (χ1v) is 43.6. The van der Waals surface area contributed by atoms with Crippen molar-refractivity contribution in [2.24, 2.45) is 5.92 Å². The van der Waals surface area contributed by atoms with Gasteiger partial charge in [-0.2, -0.15) is 0 Å². The predicted molar refractivity (Wildman–Crippen MR) is 482 cm³/mol. The lowest BCUT2D eigenvalue weighted by Crippen LogP contribution is -3.10. The number of likely N-dealkylation sites (N-methyl/N-ethyl adjacent to an activating group) is 2. The minimum absolute atomic E-state index is 0. The Bertz CT molecular complexity index is 5180. The number of hydrazine groups is 1. The number of esters is 2. The van der Waals surface area contributed by atoms with Crippen molar-refractivity contribution in [3.63, 3.8) is 0 Å². The van der Waals surface area contributed by atoms with E-state index < -0.39 is 10.2 Å². The first kappa shape index (κ1) is 99.3. The van der Waals surface area contributed by atoms with Crippen LogP contribution in [0.1, 0.15) is 163 Å². The summed E-state index contributed by atoms with van der Waals surface area (Å²) in [7, 11) is 6.30. The molecule has 5 aliphatic heterocycles. The number of hydrogen-bond acceptors (Lipinski definition) is 18. The second kappa shape index (κ2) is 43.7. The first-order chi connectivity index (χ1) is 57.1. The monoisotopic (exact) mass is 1920 g/mol. The SMILES string of the molecule is CC1[NH+](C)c2ccccc2C1(C)Cc1ccc(C(=O)Nc2ccc(NNc3ccc(N(C)C)cc3)cc2)cc1.CCOC(=O)CC[NH+]1c2ccc(CC(=O)/C=C/c3ccc([N+](=O)[O-])o3)cc2C(C)(C)C1C.CCOC(=O)CC[NH+]1c2ccc(CC(=O)CN3C(=O)C(Cc4ccc(CC(C)C)cc4)S/C3=C3/SC(=S)N(CC)C3=O)cc2C(C)(C)C1C.[Br-].[Br-].[Br-]. The molecular weight excluding hydrogens is 1810 g/mol. The Morgan fingerprint density at radius 2 is 1.16 bits per heavy atom. The normalized spacial score (nSPS) is 20.5. The summed E-state index contributed by atoms with van der Waals surface area (Å²) in [6, 6.07) is 56.9. The van der Waals surface area contributed by atoms with E-state index in [2.05, 4.69) is 188 Å². The molecule has 22 nitrogen and oxygen atoms in total. The molecule has 0 bridgehead atoms. The quantitative estimate of drug-likeness (QED) is 0.0113. The molecule has 13 rings (SSSR count). The number of carbonyl (C=O) groups excluding carboxylic acids is 7. The molecule has 8 atom stereocenters. The second-order valence-corrected chi connectivity index (χ2v) is 36.4. The predicted octanol–water partition coefficient (Wildman–Crippen LogP) is 5.05. The van der Waals surface area contributed by atoms with E-state index in [0.717, 1.165) is 63.7 Å². The average Bonchev–Trinajstić information content (AvgIpc) is 1.61. The van der Waals surface area contributed by atoms with Gasteiger partial charge in [-0.1, -0.05) is 116 Å². The minimum atomic E-state index is -0.621. The van der Waals surface area contributed by atoms with Crippen LogP contribution >= 0.6 is 35.7 Å². The zero-order chi connectivity index (χ0) is 86.7. The number of quaternary nitrogens is 3. The summed E-state index contributed by atoms with van der Waals surface area (Å²) in [5, 5.41) is 13.8. The molecule has 3 amide bonds. The van der Waals surface area contributed by atoms with Gasteiger partial charge < -0.3 is 90.8 Å². The van der Waals surface area contributed by atoms with Crippen molar-refractivity contribution in [1.82, 2.24) is 9.80 Å². The highest BCUT2D eigenvalue weighted by Crippen LogP contribution is 2.46. The molecule has 8 unspecified atom stereocenters. The molecule has 1 aromatic heterocycles. The lowest BCUT2D eigenvalue weighted by Gasteiger charge is -2.29. The summed E-state index contributed by atoms with van der Waals surface area (Å²) in [5.41, 5.74) is 23.4. The lowest BCUT2D eigenvalue weighted by atomic mass is 9.74. The van der Waals surface area contributed by atoms with Crippen LogP contribution in [-0.2, 0) is 86.6 Å². The van der Waals surface area contributed by atoms with Crippen LogP contribution in [-0.4, -0.2) is 144 Å². The topological polar surface area (TPSA) is 253 Å². The molecule has 8 aromatic rings. The third-order valence-electron chi connectivity index (χ3n) is 24.3. The van der Waals surface area contributed by atoms with E-state index in [4.69, 9.17) is 26.1 Å². The van der Waals surface area contributed by atoms with Crippen LogP contribution in [0, 0.1) is 16.0 Å². The molecule has 5 aliphatic rings. The largest absolute Gasteiger partial charge is 1.00 e. The molecule has 7 aromatic carbocycles. The van der Waals surface area contributed by atoms with Gasteiger partial charge in [0.25, 0.3) is 11.8 Å². The number of Topliss-reactive ketones (excluding diaryl/α,β-unsaturated/α-hetero) is 1. The van der Waals surface area contributed by atoms with Crippen LogP contribution in [0.25, 0.3) is 6.08 Å². The van der Waals surface area contributed by atoms with Crippen molar-refractivity contribution in [3.05, 3.63) is 252 Å². The number of para-hydroxylation sites is 1. The maximum atomic E-state index is 14.0. The molecule has 656 valence electrons. The Kier molecular flexibility index (Phi) is 35.3. The van der Waals surface area contributed by atoms with Crippen molar-refractivity contribution in [2.45, 2.75) is 175 Å². The molecule has 6 N–H and O–H groups in total. The summed E-state index contributed by atoms with van der Waals surface area (Å²) in [5.74, 6) is -0.643. The number of halogens is 3. The molecule has 0 aliphatic carbocycles. The summed E-state index contributed by atoms with van der Waals surface area (Å²) in [4.78, 5) is 110. The Hall–Kier alpha value is -9.10. The number of ether oxygens (including phenoxy) is 2. The van der Waals surface area contributed by atoms with Gasteiger partial charge in [-0.15, -0.1) is 0 Å². The number of anilines is 4. The van der Waals surface area contributed by atoms with Gasteiger partial charge in [-0.05, 0) is 238 Å². The van der Waals surface area contributed by atoms with Crippen LogP contribution in [0.4, 0.5) is 45.7 Å². The van der Waals surface area contributed by atoms with Gasteiger partial charge in [-0.25, -0.2) is 0 Å². The standard InChI is InChI=1S/C38H47N3O5S3.C33H37N5O.C24H28N2O6.3BrH/c1-8-39-35(45)33(49-37(39)47)36-41(34(44)31(48-36)21-26-12-10-25(11-13-26)18-23(3)4)22-28(42)19-27-14-15-30-29(20-27)38(6,7)24(5)40(30)17-16-32(43)46-9-2;1-23-33(2,30-8-6-7-9-31(30)38(23)5)22-24-10-12-25(13-11-24)32(39)34-26-14-16-27(17-15-26)35-36-28-18-20-29(21-19-28)37(3)4;1-5-31-23(28)12-13-25-16(2)24(3,4)20-15-17(6-10-21(20)25)14-18(27)7-8-19-9-11-22(32-19)26(29)30;;;/h10-15,20,23-24,31H,8-9,16-19,21-22H2,1-7H3;6-21,23,35-36H,22H2,1-5H3,(H,34,39);6-11,15-16H,5,12-14H2,1-4H3;3*1H/b36-33+;;8-7+;;;. The van der Waals surface area contributed by atoms with Gasteiger partial charge in [0.1, 0.15) is 37.0 Å². The smallest absolute Gasteiger partial charge is 0.433 e. The molecule has 28 heteroatoms. The number of thiocarbonyl (C=S) groups is 1. The number of furan rings is 1. The number of fused-ring (bicyclic) bond motifs is 3. The van der Waals surface area contributed by atoms with Gasteiger partial charge >= 0.3 is 17.8 Å². The Morgan fingerprint density at radius 3 is 1.68 bits per heavy atom. The van der Waals surface area contributed by atoms with E-state index >= 15 is 0 Å². The summed E-state index contributed by atoms with van der Waals surface area (Å²) in [6.45, 7) is 30.1. The van der Waals surface area contributed by atoms with E-state index in [-0.39, 0.29) is 152 Å². The van der Waals surface area contributed by atoms with Crippen molar-refractivity contribution in [1.29, 1.82) is 0 Å². The fraction of sp³-hybridized carbons (Fsp3) is 0.389. The minimum Gasteiger partial charge on any atom is -1.00 e. The summed E-state index contributed by atoms with van der Waals surface area (Å²) in [6.07, 6.45) is 6.33. The number of nitrogens with zero attached hydrogens (tertiary/aromatic N) is 4. The van der Waals surface area contributed by atoms with Gasteiger partial charge in [-0.3, -0.25) is 63.3 Å². The highest BCUT2D eigenvalue weighted by atomic mass is 79.9. The number of amides is 3. The Balaban J connectivity index is 0.000000231. The molecular formula is C95H115Br3N10O12S3. The molecule has 0 spiro atoms. The number of benzene rings is 7. The molecule has 0 radical (unpaired) electrons. The van der Waals surface area contributed by atoms with Gasteiger partial charge in [0.15, 0.2) is 11.6 Å². The highest BCUT2D eigenvalue weighted by molar-refractivity contribution is 8.27. The van der Waals surface area contributed by atoms with Crippen LogP contribution in [0.2, 0.25) is 0 Å². The summed E-state index contributed by atoms with van der Waals surface area (Å²) < 4.78 is 15.7. The van der Waals surface area contributed by atoms with E-state index in [1.807, 2.05) is 94.7 Å². The third-order valence-corrected chi connectivity index (χ3v) is 27.2. The number of hydrogen-bond donors (Lipinski definition) is 6. The molecule has 2 fully saturated rings. The molecule has 6 heterocycles. The zero-order valence-electron chi connectivity index (χ0n) is 72.9. The number of nitrogens with one attached hydrogen (secondary N) is 6. The maximum Gasteiger partial charge on any atom is 0.433 e. The maximum absolute atomic E-state index is 14.0. The number of ketones is 2. The van der Waals surface area contributed by atoms with E-state index in [9.17, 15) is 43.7 Å². The fourth-order valence-corrected chi connectivity index (χ4v) is 19.6. The van der Waals surface area contributed by atoms with Gasteiger partial charge in [0, 0.05) is 77.9 Å². The number of carbonyl (C=O) groups is 7. The molecule has 0 saturated carbocycles. The van der Waals surface area contributed by atoms with E-state index in [0.29, 0.717) is 83.9 Å². The van der Waals surface area contributed by atoms with Crippen molar-refractivity contribution < 1.29 is 118 Å². The van der Waals surface area contributed by atoms with Crippen molar-refractivity contribution >= 4 is 133 Å². The number of nitro groups is 1. The summed E-state index contributed by atoms with van der Waals surface area (Å²) >= 11 is 8.07. The second-order valence-electron chi connectivity index (χ2n) is 33.6. The fourth-order valence-electron chi connectivity index (χ4n) is 16.7. The average molecular weight is 1920 g/mol. The highest BCUT2D eigenvalue weighted by Gasteiger charge is 2.51. The van der Waals surface area contributed by atoms with E-state index in [1.165, 1.54) is 101 Å². The Labute approximate surface area is 768 Å². The van der Waals surface area contributed by atoms with Gasteiger partial charge in [0.2, 0.25) is 5.91 Å². The van der Waals surface area contributed by atoms with Crippen LogP contribution in [0.5, 0.6) is 0 Å². The zero-order valence-corrected chi connectivity index (χ0v) is 80.2. The number of rotatable bonds is 30. The number of allylic oxidation sites excluding steroid dienone is 1. The molecule has 123 heavy (non-hydrogen) atoms.